The lowest BCUT2D eigenvalue weighted by molar-refractivity contribution is -0.150. The number of esters is 1. The lowest BCUT2D eigenvalue weighted by Crippen LogP contribution is -2.20. The van der Waals surface area contributed by atoms with Crippen LogP contribution in [0.2, 0.25) is 0 Å². The van der Waals surface area contributed by atoms with Gasteiger partial charge in [-0.1, -0.05) is 55.2 Å². The van der Waals surface area contributed by atoms with Gasteiger partial charge < -0.3 is 4.74 Å². The average Bonchev–Trinajstić information content (AvgIpc) is 3.22. The quantitative estimate of drug-likeness (QED) is 0.199. The van der Waals surface area contributed by atoms with Gasteiger partial charge in [-0.3, -0.25) is 4.79 Å². The van der Waals surface area contributed by atoms with Gasteiger partial charge in [-0.25, -0.2) is 0 Å². The van der Waals surface area contributed by atoms with Crippen LogP contribution in [-0.4, -0.2) is 16.5 Å². The summed E-state index contributed by atoms with van der Waals surface area (Å²) in [5, 5.41) is 0. The summed E-state index contributed by atoms with van der Waals surface area (Å²) in [7, 11) is 0. The number of carbonyl (C=O) groups is 1. The minimum Gasteiger partial charge on any atom is -0.462 e. The van der Waals surface area contributed by atoms with Crippen LogP contribution >= 0.6 is 22.6 Å². The molecule has 1 rings (SSSR count). The molecule has 1 fully saturated rings. The van der Waals surface area contributed by atoms with Gasteiger partial charge in [-0.15, -0.1) is 0 Å². The lowest BCUT2D eigenvalue weighted by Gasteiger charge is -2.17. The van der Waals surface area contributed by atoms with Gasteiger partial charge >= 0.3 is 5.97 Å². The molecule has 19 heavy (non-hydrogen) atoms. The molecule has 1 aliphatic rings. The maximum absolute atomic E-state index is 11.8. The van der Waals surface area contributed by atoms with Crippen LogP contribution in [0.4, 0.5) is 0 Å². The molecule has 0 N–H and O–H groups in total. The van der Waals surface area contributed by atoms with Crippen LogP contribution in [0, 0.1) is 5.92 Å². The van der Waals surface area contributed by atoms with Gasteiger partial charge in [0.25, 0.3) is 0 Å². The molecule has 1 saturated carbocycles. The van der Waals surface area contributed by atoms with Crippen molar-refractivity contribution in [1.82, 2.24) is 0 Å². The van der Waals surface area contributed by atoms with Crippen LogP contribution in [0.15, 0.2) is 0 Å². The van der Waals surface area contributed by atoms with Crippen molar-refractivity contribution in [2.75, 3.05) is 4.43 Å². The Kier molecular flexibility index (Phi) is 9.92. The molecule has 2 nitrogen and oxygen atoms in total. The van der Waals surface area contributed by atoms with Crippen molar-refractivity contribution < 1.29 is 9.53 Å². The number of ether oxygens (including phenoxy) is 1. The topological polar surface area (TPSA) is 26.3 Å². The molecule has 112 valence electrons. The molecule has 1 unspecified atom stereocenters. The van der Waals surface area contributed by atoms with E-state index < -0.39 is 0 Å². The Bertz CT molecular complexity index is 239. The van der Waals surface area contributed by atoms with E-state index >= 15 is 0 Å². The van der Waals surface area contributed by atoms with Crippen molar-refractivity contribution in [1.29, 1.82) is 0 Å². The zero-order valence-corrected chi connectivity index (χ0v) is 14.5. The number of rotatable bonds is 12. The molecule has 0 aliphatic heterocycles. The fraction of sp³-hybridized carbons (Fsp3) is 0.938. The van der Waals surface area contributed by atoms with Crippen LogP contribution < -0.4 is 0 Å². The summed E-state index contributed by atoms with van der Waals surface area (Å²) >= 11 is 2.36. The molecule has 3 heteroatoms. The average molecular weight is 380 g/mol. The monoisotopic (exact) mass is 380 g/mol. The zero-order valence-electron chi connectivity index (χ0n) is 12.3. The van der Waals surface area contributed by atoms with E-state index in [0.717, 1.165) is 23.7 Å². The summed E-state index contributed by atoms with van der Waals surface area (Å²) in [6.07, 6.45) is 13.0. The molecule has 1 atom stereocenters. The van der Waals surface area contributed by atoms with Crippen LogP contribution in [0.1, 0.15) is 77.6 Å². The molecule has 0 aromatic carbocycles. The summed E-state index contributed by atoms with van der Waals surface area (Å²) in [5.74, 6) is 0.718. The van der Waals surface area contributed by atoms with E-state index in [4.69, 9.17) is 4.74 Å². The van der Waals surface area contributed by atoms with Gasteiger partial charge in [0.1, 0.15) is 6.10 Å². The van der Waals surface area contributed by atoms with Gasteiger partial charge in [0, 0.05) is 6.42 Å². The number of unbranched alkanes of at least 4 members (excludes halogenated alkanes) is 5. The summed E-state index contributed by atoms with van der Waals surface area (Å²) in [4.78, 5) is 11.8. The summed E-state index contributed by atoms with van der Waals surface area (Å²) < 4.78 is 6.82. The van der Waals surface area contributed by atoms with E-state index in [9.17, 15) is 4.79 Å². The van der Waals surface area contributed by atoms with E-state index in [1.54, 1.807) is 0 Å². The minimum absolute atomic E-state index is 0.0373. The fourth-order valence-corrected chi connectivity index (χ4v) is 2.94. The Morgan fingerprint density at radius 2 is 1.89 bits per heavy atom. The highest BCUT2D eigenvalue weighted by molar-refractivity contribution is 14.1. The van der Waals surface area contributed by atoms with Crippen LogP contribution in [0.5, 0.6) is 0 Å². The SMILES string of the molecule is CCCCCCCC(OC(=O)CCCCI)C1CC1. The first kappa shape index (κ1) is 17.3. The highest BCUT2D eigenvalue weighted by Gasteiger charge is 2.33. The second-order valence-electron chi connectivity index (χ2n) is 5.71. The second kappa shape index (κ2) is 10.9. The van der Waals surface area contributed by atoms with Crippen LogP contribution in [0.3, 0.4) is 0 Å². The van der Waals surface area contributed by atoms with Gasteiger partial charge in [0.15, 0.2) is 0 Å². The third-order valence-electron chi connectivity index (χ3n) is 3.79. The van der Waals surface area contributed by atoms with E-state index in [1.165, 1.54) is 44.9 Å². The summed E-state index contributed by atoms with van der Waals surface area (Å²) in [6, 6.07) is 0. The Morgan fingerprint density at radius 1 is 1.16 bits per heavy atom. The van der Waals surface area contributed by atoms with Crippen LogP contribution in [0.25, 0.3) is 0 Å². The number of hydrogen-bond donors (Lipinski definition) is 0. The smallest absolute Gasteiger partial charge is 0.306 e. The number of carbonyl (C=O) groups excluding carboxylic acids is 1. The van der Waals surface area contributed by atoms with Crippen molar-refractivity contribution in [3.63, 3.8) is 0 Å². The Hall–Kier alpha value is 0.200. The van der Waals surface area contributed by atoms with Crippen molar-refractivity contribution >= 4 is 28.6 Å². The van der Waals surface area contributed by atoms with Gasteiger partial charge in [0.05, 0.1) is 0 Å². The molecular weight excluding hydrogens is 351 g/mol. The first-order valence-electron chi connectivity index (χ1n) is 8.03. The molecule has 0 bridgehead atoms. The third kappa shape index (κ3) is 8.87. The van der Waals surface area contributed by atoms with E-state index in [2.05, 4.69) is 29.5 Å². The third-order valence-corrected chi connectivity index (χ3v) is 4.55. The predicted octanol–water partition coefficient (Wildman–Crippen LogP) is 5.27. The Labute approximate surface area is 132 Å². The maximum atomic E-state index is 11.8. The van der Waals surface area contributed by atoms with Crippen molar-refractivity contribution in [3.8, 4) is 0 Å². The first-order valence-corrected chi connectivity index (χ1v) is 9.56. The van der Waals surface area contributed by atoms with Gasteiger partial charge in [-0.2, -0.15) is 0 Å². The first-order chi connectivity index (χ1) is 9.27. The fourth-order valence-electron chi connectivity index (χ4n) is 2.40. The van der Waals surface area contributed by atoms with E-state index in [0.29, 0.717) is 12.3 Å². The normalized spacial score (nSPS) is 16.3. The highest BCUT2D eigenvalue weighted by Crippen LogP contribution is 2.37. The predicted molar refractivity (Wildman–Crippen MR) is 88.7 cm³/mol. The second-order valence-corrected chi connectivity index (χ2v) is 6.79. The van der Waals surface area contributed by atoms with Crippen molar-refractivity contribution in [2.45, 2.75) is 83.7 Å². The van der Waals surface area contributed by atoms with Crippen LogP contribution in [-0.2, 0) is 9.53 Å². The molecule has 0 aromatic rings. The standard InChI is InChI=1S/C16H29IO2/c1-2-3-4-5-6-9-15(14-11-12-14)19-16(18)10-7-8-13-17/h14-15H,2-13H2,1H3. The molecule has 0 radical (unpaired) electrons. The number of alkyl halides is 1. The molecule has 0 amide bonds. The minimum atomic E-state index is 0.0373. The molecule has 0 heterocycles. The molecule has 1 aliphatic carbocycles. The lowest BCUT2D eigenvalue weighted by atomic mass is 10.1. The highest BCUT2D eigenvalue weighted by atomic mass is 127. The van der Waals surface area contributed by atoms with Gasteiger partial charge in [0.2, 0.25) is 0 Å². The Balaban J connectivity index is 2.12. The Morgan fingerprint density at radius 3 is 2.53 bits per heavy atom. The van der Waals surface area contributed by atoms with Gasteiger partial charge in [-0.05, 0) is 48.9 Å². The zero-order chi connectivity index (χ0) is 13.9. The van der Waals surface area contributed by atoms with Crippen molar-refractivity contribution in [3.05, 3.63) is 0 Å². The van der Waals surface area contributed by atoms with E-state index in [-0.39, 0.29) is 12.1 Å². The molecular formula is C16H29IO2. The van der Waals surface area contributed by atoms with E-state index in [1.807, 2.05) is 0 Å². The largest absolute Gasteiger partial charge is 0.462 e. The maximum Gasteiger partial charge on any atom is 0.306 e. The van der Waals surface area contributed by atoms with Crippen molar-refractivity contribution in [2.24, 2.45) is 5.92 Å². The number of halogens is 1. The summed E-state index contributed by atoms with van der Waals surface area (Å²) in [5.41, 5.74) is 0. The molecule has 0 aromatic heterocycles. The number of hydrogen-bond acceptors (Lipinski definition) is 2. The molecule has 0 spiro atoms. The summed E-state index contributed by atoms with van der Waals surface area (Å²) in [6.45, 7) is 2.24. The molecule has 0 saturated heterocycles.